The van der Waals surface area contributed by atoms with Crippen molar-refractivity contribution in [1.29, 1.82) is 0 Å². The molecule has 0 atom stereocenters. The molecule has 0 aliphatic heterocycles. The van der Waals surface area contributed by atoms with Crippen LogP contribution < -0.4 is 0 Å². The van der Waals surface area contributed by atoms with Crippen LogP contribution in [0, 0.1) is 0 Å². The predicted molar refractivity (Wildman–Crippen MR) is 65.6 cm³/mol. The number of benzene rings is 2. The Morgan fingerprint density at radius 2 is 1.59 bits per heavy atom. The number of hydrogen-bond acceptors (Lipinski definition) is 2. The zero-order valence-corrected chi connectivity index (χ0v) is 10.1. The second-order valence-electron chi connectivity index (χ2n) is 3.44. The van der Waals surface area contributed by atoms with E-state index >= 15 is 0 Å². The standard InChI is InChI=1S/C12H7BrO4/c13-9-5-8(11(14)15)6-3-1-2-4-7(6)10(9)12(16)17/h1-5H,(H,14,15)(H,16,17). The number of rotatable bonds is 2. The molecular weight excluding hydrogens is 288 g/mol. The first kappa shape index (κ1) is 11.6. The fourth-order valence-electron chi connectivity index (χ4n) is 1.74. The van der Waals surface area contributed by atoms with Gasteiger partial charge >= 0.3 is 11.9 Å². The first-order valence-electron chi connectivity index (χ1n) is 4.70. The zero-order chi connectivity index (χ0) is 12.6. The molecule has 0 aromatic heterocycles. The van der Waals surface area contributed by atoms with Crippen molar-refractivity contribution in [2.75, 3.05) is 0 Å². The molecule has 2 rings (SSSR count). The van der Waals surface area contributed by atoms with Gasteiger partial charge in [0.1, 0.15) is 0 Å². The summed E-state index contributed by atoms with van der Waals surface area (Å²) in [4.78, 5) is 22.2. The van der Waals surface area contributed by atoms with Gasteiger partial charge in [0.2, 0.25) is 0 Å². The van der Waals surface area contributed by atoms with Crippen LogP contribution in [0.15, 0.2) is 34.8 Å². The van der Waals surface area contributed by atoms with Gasteiger partial charge in [0.25, 0.3) is 0 Å². The highest BCUT2D eigenvalue weighted by atomic mass is 79.9. The fourth-order valence-corrected chi connectivity index (χ4v) is 2.35. The Kier molecular flexibility index (Phi) is 2.85. The third-order valence-corrected chi connectivity index (χ3v) is 3.07. The fraction of sp³-hybridized carbons (Fsp3) is 0. The Bertz CT molecular complexity index is 634. The molecule has 0 heterocycles. The van der Waals surface area contributed by atoms with Crippen molar-refractivity contribution >= 4 is 38.6 Å². The minimum Gasteiger partial charge on any atom is -0.478 e. The van der Waals surface area contributed by atoms with Crippen molar-refractivity contribution in [3.05, 3.63) is 45.9 Å². The van der Waals surface area contributed by atoms with Gasteiger partial charge in [-0.1, -0.05) is 24.3 Å². The van der Waals surface area contributed by atoms with Crippen LogP contribution in [-0.4, -0.2) is 22.2 Å². The van der Waals surface area contributed by atoms with Gasteiger partial charge < -0.3 is 10.2 Å². The molecule has 0 aliphatic rings. The van der Waals surface area contributed by atoms with E-state index in [1.807, 2.05) is 0 Å². The summed E-state index contributed by atoms with van der Waals surface area (Å²) < 4.78 is 0.265. The van der Waals surface area contributed by atoms with Crippen molar-refractivity contribution in [3.8, 4) is 0 Å². The van der Waals surface area contributed by atoms with Crippen LogP contribution >= 0.6 is 15.9 Å². The molecule has 0 aliphatic carbocycles. The summed E-state index contributed by atoms with van der Waals surface area (Å²) in [7, 11) is 0. The third kappa shape index (κ3) is 1.89. The van der Waals surface area contributed by atoms with E-state index in [1.54, 1.807) is 24.3 Å². The van der Waals surface area contributed by atoms with Crippen LogP contribution in [0.5, 0.6) is 0 Å². The van der Waals surface area contributed by atoms with Gasteiger partial charge in [-0.15, -0.1) is 0 Å². The molecule has 2 N–H and O–H groups in total. The lowest BCUT2D eigenvalue weighted by Gasteiger charge is -2.08. The molecule has 2 aromatic rings. The van der Waals surface area contributed by atoms with Gasteiger partial charge in [-0.3, -0.25) is 0 Å². The van der Waals surface area contributed by atoms with Gasteiger partial charge in [0, 0.05) is 4.47 Å². The van der Waals surface area contributed by atoms with Gasteiger partial charge in [0.15, 0.2) is 0 Å². The highest BCUT2D eigenvalue weighted by Gasteiger charge is 2.18. The Labute approximate surface area is 105 Å². The topological polar surface area (TPSA) is 74.6 Å². The van der Waals surface area contributed by atoms with Gasteiger partial charge in [0.05, 0.1) is 11.1 Å². The molecule has 4 nitrogen and oxygen atoms in total. The average molecular weight is 295 g/mol. The van der Waals surface area contributed by atoms with Crippen molar-refractivity contribution < 1.29 is 19.8 Å². The zero-order valence-electron chi connectivity index (χ0n) is 8.48. The van der Waals surface area contributed by atoms with Crippen LogP contribution in [0.4, 0.5) is 0 Å². The predicted octanol–water partition coefficient (Wildman–Crippen LogP) is 3.00. The molecule has 5 heteroatoms. The van der Waals surface area contributed by atoms with E-state index in [0.717, 1.165) is 0 Å². The maximum absolute atomic E-state index is 11.1. The Morgan fingerprint density at radius 1 is 1.00 bits per heavy atom. The summed E-state index contributed by atoms with van der Waals surface area (Å²) >= 11 is 3.09. The number of halogens is 1. The second kappa shape index (κ2) is 4.18. The minimum absolute atomic E-state index is 0.0746. The number of fused-ring (bicyclic) bond motifs is 1. The van der Waals surface area contributed by atoms with Crippen LogP contribution in [0.3, 0.4) is 0 Å². The lowest BCUT2D eigenvalue weighted by molar-refractivity contribution is 0.0683. The van der Waals surface area contributed by atoms with E-state index in [-0.39, 0.29) is 15.6 Å². The molecule has 0 spiro atoms. The second-order valence-corrected chi connectivity index (χ2v) is 4.29. The number of aromatic carboxylic acids is 2. The Hall–Kier alpha value is -1.88. The van der Waals surface area contributed by atoms with Gasteiger partial charge in [-0.2, -0.15) is 0 Å². The molecule has 2 aromatic carbocycles. The first-order valence-corrected chi connectivity index (χ1v) is 5.49. The van der Waals surface area contributed by atoms with Crippen LogP contribution in [0.25, 0.3) is 10.8 Å². The molecule has 0 fully saturated rings. The Morgan fingerprint density at radius 3 is 2.12 bits per heavy atom. The highest BCUT2D eigenvalue weighted by molar-refractivity contribution is 9.10. The van der Waals surface area contributed by atoms with Crippen molar-refractivity contribution in [1.82, 2.24) is 0 Å². The maximum Gasteiger partial charge on any atom is 0.337 e. The molecule has 0 amide bonds. The summed E-state index contributed by atoms with van der Waals surface area (Å²) in [6.07, 6.45) is 0. The SMILES string of the molecule is O=C(O)c1cc(Br)c(C(=O)O)c2ccccc12. The maximum atomic E-state index is 11.1. The molecule has 0 saturated heterocycles. The third-order valence-electron chi connectivity index (χ3n) is 2.44. The van der Waals surface area contributed by atoms with E-state index < -0.39 is 11.9 Å². The van der Waals surface area contributed by atoms with E-state index in [9.17, 15) is 9.59 Å². The number of carboxylic acids is 2. The van der Waals surface area contributed by atoms with E-state index in [4.69, 9.17) is 10.2 Å². The number of hydrogen-bond donors (Lipinski definition) is 2. The van der Waals surface area contributed by atoms with Gasteiger partial charge in [-0.05, 0) is 32.8 Å². The highest BCUT2D eigenvalue weighted by Crippen LogP contribution is 2.29. The van der Waals surface area contributed by atoms with E-state index in [2.05, 4.69) is 15.9 Å². The lowest BCUT2D eigenvalue weighted by atomic mass is 9.99. The number of carbonyl (C=O) groups is 2. The smallest absolute Gasteiger partial charge is 0.337 e. The van der Waals surface area contributed by atoms with Crippen LogP contribution in [0.1, 0.15) is 20.7 Å². The summed E-state index contributed by atoms with van der Waals surface area (Å²) in [5, 5.41) is 19.0. The molecule has 0 saturated carbocycles. The van der Waals surface area contributed by atoms with E-state index in [0.29, 0.717) is 10.8 Å². The van der Waals surface area contributed by atoms with Crippen LogP contribution in [-0.2, 0) is 0 Å². The van der Waals surface area contributed by atoms with Crippen molar-refractivity contribution in [3.63, 3.8) is 0 Å². The number of carboxylic acid groups (broad SMARTS) is 2. The van der Waals surface area contributed by atoms with Gasteiger partial charge in [-0.25, -0.2) is 9.59 Å². The van der Waals surface area contributed by atoms with Crippen LogP contribution in [0.2, 0.25) is 0 Å². The van der Waals surface area contributed by atoms with E-state index in [1.165, 1.54) is 6.07 Å². The quantitative estimate of drug-likeness (QED) is 0.893. The van der Waals surface area contributed by atoms with Crippen molar-refractivity contribution in [2.45, 2.75) is 0 Å². The molecule has 17 heavy (non-hydrogen) atoms. The first-order chi connectivity index (χ1) is 8.02. The van der Waals surface area contributed by atoms with Crippen molar-refractivity contribution in [2.24, 2.45) is 0 Å². The largest absolute Gasteiger partial charge is 0.478 e. The monoisotopic (exact) mass is 294 g/mol. The lowest BCUT2D eigenvalue weighted by Crippen LogP contribution is -2.04. The molecular formula is C12H7BrO4. The Balaban J connectivity index is 2.97. The average Bonchev–Trinajstić information content (AvgIpc) is 2.27. The minimum atomic E-state index is -1.09. The molecule has 0 unspecified atom stereocenters. The molecule has 0 bridgehead atoms. The summed E-state index contributed by atoms with van der Waals surface area (Å²) in [6, 6.07) is 7.85. The summed E-state index contributed by atoms with van der Waals surface area (Å²) in [5.74, 6) is -2.18. The summed E-state index contributed by atoms with van der Waals surface area (Å²) in [6.45, 7) is 0. The molecule has 86 valence electrons. The molecule has 0 radical (unpaired) electrons. The normalized spacial score (nSPS) is 10.4. The summed E-state index contributed by atoms with van der Waals surface area (Å²) in [5.41, 5.74) is 0.156.